The fourth-order valence-corrected chi connectivity index (χ4v) is 2.63. The van der Waals surface area contributed by atoms with Crippen LogP contribution in [-0.4, -0.2) is 26.4 Å². The molecular weight excluding hydrogens is 248 g/mol. The second kappa shape index (κ2) is 6.09. The number of aryl methyl sites for hydroxylation is 1. The van der Waals surface area contributed by atoms with Gasteiger partial charge in [0.1, 0.15) is 5.82 Å². The molecule has 104 valence electrons. The topological polar surface area (TPSA) is 41.9 Å². The van der Waals surface area contributed by atoms with Crippen molar-refractivity contribution in [2.75, 3.05) is 6.54 Å². The van der Waals surface area contributed by atoms with Crippen molar-refractivity contribution in [3.63, 3.8) is 0 Å². The maximum Gasteiger partial charge on any atom is 0.128 e. The van der Waals surface area contributed by atoms with E-state index >= 15 is 0 Å². The second-order valence-electron chi connectivity index (χ2n) is 5.33. The summed E-state index contributed by atoms with van der Waals surface area (Å²) in [5.74, 6) is 0.981. The van der Waals surface area contributed by atoms with Gasteiger partial charge in [-0.05, 0) is 30.0 Å². The lowest BCUT2D eigenvalue weighted by atomic mass is 10.1. The molecule has 4 nitrogen and oxygen atoms in total. The first-order valence-corrected chi connectivity index (χ1v) is 7.30. The Morgan fingerprint density at radius 1 is 1.30 bits per heavy atom. The molecule has 0 amide bonds. The van der Waals surface area contributed by atoms with Crippen LogP contribution in [0.4, 0.5) is 0 Å². The first kappa shape index (κ1) is 13.2. The van der Waals surface area contributed by atoms with Gasteiger partial charge in [0.05, 0.1) is 5.69 Å². The molecule has 1 aliphatic rings. The minimum absolute atomic E-state index is 0.920. The molecule has 2 aromatic heterocycles. The standard InChI is InChI=1S/C16H20N4/c1-2-4-16-18-10-14-6-8-20(12-15(14)19-16)11-13-5-3-7-17-9-13/h3,5,7,9-10H,2,4,6,8,11-12H2,1H3. The van der Waals surface area contributed by atoms with Crippen molar-refractivity contribution in [1.82, 2.24) is 19.9 Å². The van der Waals surface area contributed by atoms with Gasteiger partial charge in [-0.2, -0.15) is 0 Å². The summed E-state index contributed by atoms with van der Waals surface area (Å²) >= 11 is 0. The average Bonchev–Trinajstić information content (AvgIpc) is 2.48. The van der Waals surface area contributed by atoms with Crippen LogP contribution < -0.4 is 0 Å². The fourth-order valence-electron chi connectivity index (χ4n) is 2.63. The maximum atomic E-state index is 4.73. The minimum Gasteiger partial charge on any atom is -0.293 e. The Hall–Kier alpha value is -1.81. The van der Waals surface area contributed by atoms with Crippen LogP contribution in [0.3, 0.4) is 0 Å². The SMILES string of the molecule is CCCc1ncc2c(n1)CN(Cc1cccnc1)CC2. The highest BCUT2D eigenvalue weighted by Gasteiger charge is 2.18. The smallest absolute Gasteiger partial charge is 0.128 e. The van der Waals surface area contributed by atoms with E-state index in [2.05, 4.69) is 27.9 Å². The molecule has 0 N–H and O–H groups in total. The lowest BCUT2D eigenvalue weighted by Crippen LogP contribution is -2.31. The monoisotopic (exact) mass is 268 g/mol. The van der Waals surface area contributed by atoms with E-state index in [1.807, 2.05) is 24.7 Å². The lowest BCUT2D eigenvalue weighted by Gasteiger charge is -2.27. The minimum atomic E-state index is 0.920. The van der Waals surface area contributed by atoms with E-state index < -0.39 is 0 Å². The molecule has 0 bridgehead atoms. The van der Waals surface area contributed by atoms with Crippen molar-refractivity contribution in [3.8, 4) is 0 Å². The van der Waals surface area contributed by atoms with Crippen molar-refractivity contribution in [3.05, 3.63) is 53.4 Å². The molecule has 20 heavy (non-hydrogen) atoms. The van der Waals surface area contributed by atoms with Crippen LogP contribution in [0.5, 0.6) is 0 Å². The predicted octanol–water partition coefficient (Wildman–Crippen LogP) is 2.38. The van der Waals surface area contributed by atoms with Crippen LogP contribution in [0.2, 0.25) is 0 Å². The number of aromatic nitrogens is 3. The van der Waals surface area contributed by atoms with Gasteiger partial charge in [-0.1, -0.05) is 13.0 Å². The second-order valence-corrected chi connectivity index (χ2v) is 5.33. The predicted molar refractivity (Wildman–Crippen MR) is 78.1 cm³/mol. The lowest BCUT2D eigenvalue weighted by molar-refractivity contribution is 0.240. The van der Waals surface area contributed by atoms with Crippen LogP contribution in [0.25, 0.3) is 0 Å². The normalized spacial score (nSPS) is 15.1. The van der Waals surface area contributed by atoms with Crippen LogP contribution in [-0.2, 0) is 25.9 Å². The molecule has 0 spiro atoms. The molecule has 0 saturated carbocycles. The summed E-state index contributed by atoms with van der Waals surface area (Å²) in [6.45, 7) is 5.10. The van der Waals surface area contributed by atoms with Gasteiger partial charge >= 0.3 is 0 Å². The average molecular weight is 268 g/mol. The van der Waals surface area contributed by atoms with Crippen LogP contribution in [0.15, 0.2) is 30.7 Å². The van der Waals surface area contributed by atoms with Crippen LogP contribution in [0, 0.1) is 0 Å². The molecule has 3 rings (SSSR count). The number of pyridine rings is 1. The largest absolute Gasteiger partial charge is 0.293 e. The molecule has 0 fully saturated rings. The highest BCUT2D eigenvalue weighted by molar-refractivity contribution is 5.21. The van der Waals surface area contributed by atoms with E-state index in [4.69, 9.17) is 4.98 Å². The number of hydrogen-bond acceptors (Lipinski definition) is 4. The molecular formula is C16H20N4. The highest BCUT2D eigenvalue weighted by atomic mass is 15.1. The molecule has 1 aliphatic heterocycles. The quantitative estimate of drug-likeness (QED) is 0.854. The molecule has 0 atom stereocenters. The van der Waals surface area contributed by atoms with Crippen LogP contribution >= 0.6 is 0 Å². The van der Waals surface area contributed by atoms with Crippen molar-refractivity contribution in [2.24, 2.45) is 0 Å². The molecule has 4 heteroatoms. The summed E-state index contributed by atoms with van der Waals surface area (Å²) in [7, 11) is 0. The van der Waals surface area contributed by atoms with Crippen LogP contribution in [0.1, 0.15) is 36.0 Å². The molecule has 0 saturated heterocycles. The Morgan fingerprint density at radius 2 is 2.25 bits per heavy atom. The fraction of sp³-hybridized carbons (Fsp3) is 0.438. The number of hydrogen-bond donors (Lipinski definition) is 0. The van der Waals surface area contributed by atoms with E-state index in [1.54, 1.807) is 0 Å². The van der Waals surface area contributed by atoms with Gasteiger partial charge in [-0.25, -0.2) is 9.97 Å². The third-order valence-electron chi connectivity index (χ3n) is 3.68. The zero-order chi connectivity index (χ0) is 13.8. The van der Waals surface area contributed by atoms with E-state index in [0.717, 1.165) is 44.7 Å². The first-order valence-electron chi connectivity index (χ1n) is 7.30. The summed E-state index contributed by atoms with van der Waals surface area (Å²) in [6.07, 6.45) is 8.89. The van der Waals surface area contributed by atoms with Crippen molar-refractivity contribution in [2.45, 2.75) is 39.3 Å². The van der Waals surface area contributed by atoms with E-state index in [0.29, 0.717) is 0 Å². The molecule has 3 heterocycles. The molecule has 0 unspecified atom stereocenters. The van der Waals surface area contributed by atoms with Gasteiger partial charge in [0.2, 0.25) is 0 Å². The number of nitrogens with zero attached hydrogens (tertiary/aromatic N) is 4. The zero-order valence-corrected chi connectivity index (χ0v) is 11.9. The molecule has 0 aliphatic carbocycles. The Kier molecular flexibility index (Phi) is 4.02. The van der Waals surface area contributed by atoms with Crippen molar-refractivity contribution < 1.29 is 0 Å². The summed E-state index contributed by atoms with van der Waals surface area (Å²) in [5, 5.41) is 0. The summed E-state index contributed by atoms with van der Waals surface area (Å²) in [4.78, 5) is 15.8. The van der Waals surface area contributed by atoms with E-state index in [1.165, 1.54) is 16.8 Å². The van der Waals surface area contributed by atoms with Crippen molar-refractivity contribution >= 4 is 0 Å². The number of rotatable bonds is 4. The Bertz CT molecular complexity index is 568. The van der Waals surface area contributed by atoms with Gasteiger partial charge < -0.3 is 0 Å². The highest BCUT2D eigenvalue weighted by Crippen LogP contribution is 2.18. The third-order valence-corrected chi connectivity index (χ3v) is 3.68. The molecule has 0 radical (unpaired) electrons. The third kappa shape index (κ3) is 3.02. The van der Waals surface area contributed by atoms with Gasteiger partial charge in [0, 0.05) is 44.6 Å². The Morgan fingerprint density at radius 3 is 3.05 bits per heavy atom. The zero-order valence-electron chi connectivity index (χ0n) is 11.9. The van der Waals surface area contributed by atoms with E-state index in [-0.39, 0.29) is 0 Å². The van der Waals surface area contributed by atoms with Gasteiger partial charge in [0.15, 0.2) is 0 Å². The van der Waals surface area contributed by atoms with Gasteiger partial charge in [0.25, 0.3) is 0 Å². The number of fused-ring (bicyclic) bond motifs is 1. The summed E-state index contributed by atoms with van der Waals surface area (Å²) in [6, 6.07) is 4.12. The van der Waals surface area contributed by atoms with E-state index in [9.17, 15) is 0 Å². The Labute approximate surface area is 119 Å². The Balaban J connectivity index is 1.72. The molecule has 2 aromatic rings. The van der Waals surface area contributed by atoms with Gasteiger partial charge in [-0.15, -0.1) is 0 Å². The van der Waals surface area contributed by atoms with Crippen molar-refractivity contribution in [1.29, 1.82) is 0 Å². The first-order chi connectivity index (χ1) is 9.85. The summed E-state index contributed by atoms with van der Waals surface area (Å²) < 4.78 is 0. The summed E-state index contributed by atoms with van der Waals surface area (Å²) in [5.41, 5.74) is 3.78. The van der Waals surface area contributed by atoms with Gasteiger partial charge in [-0.3, -0.25) is 9.88 Å². The maximum absolute atomic E-state index is 4.73. The molecule has 0 aromatic carbocycles.